The molecule has 1 unspecified atom stereocenters. The van der Waals surface area contributed by atoms with Crippen LogP contribution < -0.4 is 5.73 Å². The maximum absolute atomic E-state index is 6.35. The highest BCUT2D eigenvalue weighted by Gasteiger charge is 2.12. The fraction of sp³-hybridized carbons (Fsp3) is 0.294. The van der Waals surface area contributed by atoms with E-state index in [1.807, 2.05) is 13.0 Å². The van der Waals surface area contributed by atoms with Gasteiger partial charge in [-0.15, -0.1) is 0 Å². The van der Waals surface area contributed by atoms with Gasteiger partial charge in [-0.3, -0.25) is 0 Å². The average molecular weight is 274 g/mol. The summed E-state index contributed by atoms with van der Waals surface area (Å²) in [7, 11) is 0. The minimum atomic E-state index is 0.0118. The van der Waals surface area contributed by atoms with Gasteiger partial charge in [0.05, 0.1) is 0 Å². The molecule has 0 aliphatic carbocycles. The van der Waals surface area contributed by atoms with Crippen molar-refractivity contribution in [3.8, 4) is 0 Å². The number of hydrogen-bond donors (Lipinski definition) is 1. The summed E-state index contributed by atoms with van der Waals surface area (Å²) in [5.74, 6) is 0. The van der Waals surface area contributed by atoms with Crippen LogP contribution in [0.3, 0.4) is 0 Å². The third-order valence-electron chi connectivity index (χ3n) is 3.48. The lowest BCUT2D eigenvalue weighted by atomic mass is 9.94. The number of rotatable bonds is 3. The summed E-state index contributed by atoms with van der Waals surface area (Å²) in [6.07, 6.45) is 0.851. The highest BCUT2D eigenvalue weighted by atomic mass is 35.5. The third kappa shape index (κ3) is 3.37. The van der Waals surface area contributed by atoms with Gasteiger partial charge >= 0.3 is 0 Å². The Balaban J connectivity index is 2.25. The standard InChI is InChI=1S/C17H20ClN/c1-11-5-4-6-14(7-11)10-17(19)15-8-13(3)16(18)9-12(15)2/h4-9,17H,10,19H2,1-3H3. The molecule has 0 aromatic heterocycles. The zero-order chi connectivity index (χ0) is 14.0. The third-order valence-corrected chi connectivity index (χ3v) is 3.89. The van der Waals surface area contributed by atoms with Gasteiger partial charge in [-0.1, -0.05) is 47.5 Å². The molecule has 2 N–H and O–H groups in total. The molecule has 2 heteroatoms. The Morgan fingerprint density at radius 2 is 1.79 bits per heavy atom. The Kier molecular flexibility index (Phi) is 4.28. The second kappa shape index (κ2) is 5.77. The van der Waals surface area contributed by atoms with Crippen molar-refractivity contribution in [2.75, 3.05) is 0 Å². The molecule has 100 valence electrons. The van der Waals surface area contributed by atoms with E-state index in [9.17, 15) is 0 Å². The maximum Gasteiger partial charge on any atom is 0.0438 e. The van der Waals surface area contributed by atoms with Crippen molar-refractivity contribution in [3.63, 3.8) is 0 Å². The topological polar surface area (TPSA) is 26.0 Å². The van der Waals surface area contributed by atoms with E-state index >= 15 is 0 Å². The maximum atomic E-state index is 6.35. The lowest BCUT2D eigenvalue weighted by Gasteiger charge is -2.17. The van der Waals surface area contributed by atoms with Crippen molar-refractivity contribution in [3.05, 3.63) is 69.2 Å². The van der Waals surface area contributed by atoms with Gasteiger partial charge in [0.1, 0.15) is 0 Å². The SMILES string of the molecule is Cc1cccc(CC(N)c2cc(C)c(Cl)cc2C)c1. The Morgan fingerprint density at radius 1 is 1.05 bits per heavy atom. The summed E-state index contributed by atoms with van der Waals surface area (Å²) in [5, 5.41) is 0.809. The minimum absolute atomic E-state index is 0.0118. The van der Waals surface area contributed by atoms with Gasteiger partial charge in [0.2, 0.25) is 0 Å². The molecule has 2 aromatic carbocycles. The highest BCUT2D eigenvalue weighted by Crippen LogP contribution is 2.26. The first-order chi connectivity index (χ1) is 8.97. The molecule has 0 saturated carbocycles. The predicted molar refractivity (Wildman–Crippen MR) is 82.7 cm³/mol. The molecular weight excluding hydrogens is 254 g/mol. The van der Waals surface area contributed by atoms with Crippen LogP contribution in [-0.2, 0) is 6.42 Å². The molecule has 1 nitrogen and oxygen atoms in total. The Morgan fingerprint density at radius 3 is 2.47 bits per heavy atom. The minimum Gasteiger partial charge on any atom is -0.324 e. The van der Waals surface area contributed by atoms with Crippen LogP contribution in [0.4, 0.5) is 0 Å². The van der Waals surface area contributed by atoms with Crippen LogP contribution in [0.1, 0.15) is 33.9 Å². The summed E-state index contributed by atoms with van der Waals surface area (Å²) in [6, 6.07) is 12.6. The summed E-state index contributed by atoms with van der Waals surface area (Å²) in [4.78, 5) is 0. The molecule has 0 aliphatic rings. The van der Waals surface area contributed by atoms with Crippen molar-refractivity contribution < 1.29 is 0 Å². The van der Waals surface area contributed by atoms with Gasteiger partial charge in [-0.05, 0) is 55.5 Å². The summed E-state index contributed by atoms with van der Waals surface area (Å²) >= 11 is 6.13. The molecule has 0 spiro atoms. The molecule has 2 aromatic rings. The van der Waals surface area contributed by atoms with Crippen molar-refractivity contribution in [2.45, 2.75) is 33.2 Å². The van der Waals surface area contributed by atoms with Crippen LogP contribution in [0, 0.1) is 20.8 Å². The Hall–Kier alpha value is -1.31. The molecule has 0 heterocycles. The zero-order valence-electron chi connectivity index (χ0n) is 11.7. The van der Waals surface area contributed by atoms with E-state index in [2.05, 4.69) is 44.2 Å². The van der Waals surface area contributed by atoms with Gasteiger partial charge in [-0.25, -0.2) is 0 Å². The van der Waals surface area contributed by atoms with E-state index in [0.29, 0.717) is 0 Å². The van der Waals surface area contributed by atoms with Crippen LogP contribution >= 0.6 is 11.6 Å². The number of halogens is 1. The number of benzene rings is 2. The second-order valence-corrected chi connectivity index (χ2v) is 5.66. The van der Waals surface area contributed by atoms with Crippen molar-refractivity contribution in [2.24, 2.45) is 5.73 Å². The predicted octanol–water partition coefficient (Wildman–Crippen LogP) is 4.51. The van der Waals surface area contributed by atoms with Crippen molar-refractivity contribution in [1.82, 2.24) is 0 Å². The normalized spacial score (nSPS) is 12.5. The number of nitrogens with two attached hydrogens (primary N) is 1. The van der Waals surface area contributed by atoms with Gasteiger partial charge in [-0.2, -0.15) is 0 Å². The second-order valence-electron chi connectivity index (χ2n) is 5.26. The van der Waals surface area contributed by atoms with Crippen LogP contribution in [0.5, 0.6) is 0 Å². The monoisotopic (exact) mass is 273 g/mol. The van der Waals surface area contributed by atoms with Crippen LogP contribution in [-0.4, -0.2) is 0 Å². The van der Waals surface area contributed by atoms with Crippen LogP contribution in [0.2, 0.25) is 5.02 Å². The van der Waals surface area contributed by atoms with Crippen molar-refractivity contribution >= 4 is 11.6 Å². The smallest absolute Gasteiger partial charge is 0.0438 e. The molecule has 1 atom stereocenters. The number of aryl methyl sites for hydroxylation is 3. The zero-order valence-corrected chi connectivity index (χ0v) is 12.5. The molecular formula is C17H20ClN. The van der Waals surface area contributed by atoms with E-state index in [-0.39, 0.29) is 6.04 Å². The van der Waals surface area contributed by atoms with E-state index < -0.39 is 0 Å². The van der Waals surface area contributed by atoms with Gasteiger partial charge in [0.25, 0.3) is 0 Å². The van der Waals surface area contributed by atoms with Crippen LogP contribution in [0.15, 0.2) is 36.4 Å². The first-order valence-corrected chi connectivity index (χ1v) is 6.93. The summed E-state index contributed by atoms with van der Waals surface area (Å²) in [6.45, 7) is 6.19. The molecule has 0 amide bonds. The molecule has 0 fully saturated rings. The van der Waals surface area contributed by atoms with Crippen molar-refractivity contribution in [1.29, 1.82) is 0 Å². The highest BCUT2D eigenvalue weighted by molar-refractivity contribution is 6.31. The fourth-order valence-electron chi connectivity index (χ4n) is 2.41. The summed E-state index contributed by atoms with van der Waals surface area (Å²) in [5.41, 5.74) is 12.3. The first-order valence-electron chi connectivity index (χ1n) is 6.55. The van der Waals surface area contributed by atoms with Crippen LogP contribution in [0.25, 0.3) is 0 Å². The molecule has 0 bridgehead atoms. The fourth-order valence-corrected chi connectivity index (χ4v) is 2.62. The van der Waals surface area contributed by atoms with Gasteiger partial charge in [0, 0.05) is 11.1 Å². The molecule has 0 saturated heterocycles. The van der Waals surface area contributed by atoms with E-state index in [4.69, 9.17) is 17.3 Å². The van der Waals surface area contributed by atoms with Gasteiger partial charge in [0.15, 0.2) is 0 Å². The Labute approximate surface area is 120 Å². The van der Waals surface area contributed by atoms with E-state index in [1.165, 1.54) is 16.7 Å². The largest absolute Gasteiger partial charge is 0.324 e. The molecule has 0 radical (unpaired) electrons. The number of hydrogen-bond acceptors (Lipinski definition) is 1. The van der Waals surface area contributed by atoms with Gasteiger partial charge < -0.3 is 5.73 Å². The molecule has 19 heavy (non-hydrogen) atoms. The summed E-state index contributed by atoms with van der Waals surface area (Å²) < 4.78 is 0. The Bertz CT molecular complexity index is 590. The molecule has 0 aliphatic heterocycles. The first kappa shape index (κ1) is 14.1. The lowest BCUT2D eigenvalue weighted by Crippen LogP contribution is -2.15. The molecule has 2 rings (SSSR count). The quantitative estimate of drug-likeness (QED) is 0.875. The average Bonchev–Trinajstić information content (AvgIpc) is 2.33. The van der Waals surface area contributed by atoms with E-state index in [1.54, 1.807) is 0 Å². The van der Waals surface area contributed by atoms with E-state index in [0.717, 1.165) is 22.6 Å². The lowest BCUT2D eigenvalue weighted by molar-refractivity contribution is 0.715.